The van der Waals surface area contributed by atoms with Gasteiger partial charge in [0, 0.05) is 26.7 Å². The number of hydrogen-bond donors (Lipinski definition) is 1. The predicted molar refractivity (Wildman–Crippen MR) is 76.3 cm³/mol. The molecule has 0 aromatic carbocycles. The predicted octanol–water partition coefficient (Wildman–Crippen LogP) is 1.57. The summed E-state index contributed by atoms with van der Waals surface area (Å²) in [5, 5.41) is 3.91. The molecule has 1 aromatic heterocycles. The van der Waals surface area contributed by atoms with Crippen LogP contribution in [0, 0.1) is 0 Å². The van der Waals surface area contributed by atoms with E-state index in [0.717, 1.165) is 13.1 Å². The molecule has 0 unspecified atom stereocenters. The standard InChI is InChI=1S/C11H18ClN3O3S/c1-15(6-7-17-2)5-4-13-11-14-9(12)8(19-11)10(16)18-3/h4-7H2,1-3H3,(H,13,14). The van der Waals surface area contributed by atoms with Gasteiger partial charge in [0.15, 0.2) is 15.2 Å². The van der Waals surface area contributed by atoms with E-state index in [1.807, 2.05) is 7.05 Å². The molecule has 1 N–H and O–H groups in total. The number of rotatable bonds is 8. The number of likely N-dealkylation sites (N-methyl/N-ethyl adjacent to an activating group) is 1. The van der Waals surface area contributed by atoms with Crippen molar-refractivity contribution >= 4 is 34.0 Å². The second-order valence-corrected chi connectivity index (χ2v) is 5.21. The summed E-state index contributed by atoms with van der Waals surface area (Å²) in [5.41, 5.74) is 0. The van der Waals surface area contributed by atoms with Gasteiger partial charge < -0.3 is 19.7 Å². The first-order chi connectivity index (χ1) is 9.08. The number of nitrogens with zero attached hydrogens (tertiary/aromatic N) is 2. The summed E-state index contributed by atoms with van der Waals surface area (Å²) in [6, 6.07) is 0. The van der Waals surface area contributed by atoms with Crippen molar-refractivity contribution in [2.75, 3.05) is 52.8 Å². The number of aromatic nitrogens is 1. The molecule has 1 heterocycles. The molecular formula is C11H18ClN3O3S. The molecule has 1 rings (SSSR count). The number of hydrogen-bond acceptors (Lipinski definition) is 7. The lowest BCUT2D eigenvalue weighted by molar-refractivity contribution is 0.0606. The number of halogens is 1. The van der Waals surface area contributed by atoms with Crippen LogP contribution in [0.2, 0.25) is 5.15 Å². The molecule has 0 aliphatic carbocycles. The largest absolute Gasteiger partial charge is 0.465 e. The van der Waals surface area contributed by atoms with E-state index in [4.69, 9.17) is 16.3 Å². The highest BCUT2D eigenvalue weighted by molar-refractivity contribution is 7.18. The van der Waals surface area contributed by atoms with Gasteiger partial charge in [0.2, 0.25) is 0 Å². The molecule has 0 amide bonds. The lowest BCUT2D eigenvalue weighted by atomic mass is 10.5. The van der Waals surface area contributed by atoms with Gasteiger partial charge in [-0.05, 0) is 7.05 Å². The minimum Gasteiger partial charge on any atom is -0.465 e. The molecule has 8 heteroatoms. The SMILES string of the molecule is COCCN(C)CCNc1nc(Cl)c(C(=O)OC)s1. The summed E-state index contributed by atoms with van der Waals surface area (Å²) in [5.74, 6) is -0.465. The Morgan fingerprint density at radius 2 is 2.21 bits per heavy atom. The molecule has 0 atom stereocenters. The maximum absolute atomic E-state index is 11.4. The van der Waals surface area contributed by atoms with Crippen LogP contribution in [0.15, 0.2) is 0 Å². The van der Waals surface area contributed by atoms with Crippen molar-refractivity contribution in [3.63, 3.8) is 0 Å². The Bertz CT molecular complexity index is 414. The van der Waals surface area contributed by atoms with Gasteiger partial charge in [-0.25, -0.2) is 9.78 Å². The number of methoxy groups -OCH3 is 2. The van der Waals surface area contributed by atoms with Crippen molar-refractivity contribution in [1.29, 1.82) is 0 Å². The third-order valence-electron chi connectivity index (χ3n) is 2.40. The third-order valence-corrected chi connectivity index (χ3v) is 3.78. The topological polar surface area (TPSA) is 63.7 Å². The molecule has 0 radical (unpaired) electrons. The summed E-state index contributed by atoms with van der Waals surface area (Å²) >= 11 is 7.05. The Morgan fingerprint density at radius 3 is 2.84 bits per heavy atom. The lowest BCUT2D eigenvalue weighted by Crippen LogP contribution is -2.28. The summed E-state index contributed by atoms with van der Waals surface area (Å²) in [6.07, 6.45) is 0. The van der Waals surface area contributed by atoms with E-state index < -0.39 is 5.97 Å². The second-order valence-electron chi connectivity index (χ2n) is 3.85. The summed E-state index contributed by atoms with van der Waals surface area (Å²) in [7, 11) is 5.00. The number of carbonyl (C=O) groups excluding carboxylic acids is 1. The van der Waals surface area contributed by atoms with Gasteiger partial charge >= 0.3 is 5.97 Å². The van der Waals surface area contributed by atoms with E-state index in [1.165, 1.54) is 18.4 Å². The summed E-state index contributed by atoms with van der Waals surface area (Å²) < 4.78 is 9.61. The summed E-state index contributed by atoms with van der Waals surface area (Å²) in [6.45, 7) is 3.12. The van der Waals surface area contributed by atoms with Crippen molar-refractivity contribution in [3.8, 4) is 0 Å². The van der Waals surface area contributed by atoms with Crippen LogP contribution in [0.5, 0.6) is 0 Å². The highest BCUT2D eigenvalue weighted by Crippen LogP contribution is 2.27. The van der Waals surface area contributed by atoms with Crippen LogP contribution in [-0.4, -0.2) is 63.4 Å². The van der Waals surface area contributed by atoms with Gasteiger partial charge in [-0.3, -0.25) is 0 Å². The molecule has 0 fully saturated rings. The van der Waals surface area contributed by atoms with E-state index in [0.29, 0.717) is 23.2 Å². The molecule has 0 saturated heterocycles. The molecule has 0 saturated carbocycles. The highest BCUT2D eigenvalue weighted by Gasteiger charge is 2.16. The van der Waals surface area contributed by atoms with E-state index >= 15 is 0 Å². The highest BCUT2D eigenvalue weighted by atomic mass is 35.5. The quantitative estimate of drug-likeness (QED) is 0.736. The average molecular weight is 308 g/mol. The number of carbonyl (C=O) groups is 1. The first-order valence-electron chi connectivity index (χ1n) is 5.74. The minimum atomic E-state index is -0.465. The number of esters is 1. The number of anilines is 1. The first-order valence-corrected chi connectivity index (χ1v) is 6.94. The fourth-order valence-electron chi connectivity index (χ4n) is 1.31. The monoisotopic (exact) mass is 307 g/mol. The van der Waals surface area contributed by atoms with Gasteiger partial charge in [-0.1, -0.05) is 22.9 Å². The molecule has 19 heavy (non-hydrogen) atoms. The van der Waals surface area contributed by atoms with Crippen LogP contribution in [0.3, 0.4) is 0 Å². The third kappa shape index (κ3) is 5.32. The zero-order valence-electron chi connectivity index (χ0n) is 11.2. The fraction of sp³-hybridized carbons (Fsp3) is 0.636. The normalized spacial score (nSPS) is 10.8. The Hall–Kier alpha value is -0.890. The molecule has 108 valence electrons. The van der Waals surface area contributed by atoms with Gasteiger partial charge in [-0.15, -0.1) is 0 Å². The van der Waals surface area contributed by atoms with Crippen molar-refractivity contribution < 1.29 is 14.3 Å². The van der Waals surface area contributed by atoms with Crippen LogP contribution in [0.4, 0.5) is 5.13 Å². The van der Waals surface area contributed by atoms with Crippen molar-refractivity contribution in [2.24, 2.45) is 0 Å². The minimum absolute atomic E-state index is 0.173. The molecule has 0 spiro atoms. The van der Waals surface area contributed by atoms with E-state index in [2.05, 4.69) is 19.9 Å². The van der Waals surface area contributed by atoms with E-state index in [9.17, 15) is 4.79 Å². The van der Waals surface area contributed by atoms with Crippen LogP contribution in [-0.2, 0) is 9.47 Å². The lowest BCUT2D eigenvalue weighted by Gasteiger charge is -2.15. The molecule has 0 bridgehead atoms. The number of ether oxygens (including phenoxy) is 2. The Kier molecular flexibility index (Phi) is 7.07. The van der Waals surface area contributed by atoms with Crippen LogP contribution in [0.1, 0.15) is 9.67 Å². The maximum Gasteiger partial charge on any atom is 0.351 e. The van der Waals surface area contributed by atoms with Crippen molar-refractivity contribution in [1.82, 2.24) is 9.88 Å². The van der Waals surface area contributed by atoms with E-state index in [1.54, 1.807) is 7.11 Å². The smallest absolute Gasteiger partial charge is 0.351 e. The Labute approximate surface area is 121 Å². The van der Waals surface area contributed by atoms with Gasteiger partial charge in [0.25, 0.3) is 0 Å². The fourth-order valence-corrected chi connectivity index (χ4v) is 2.44. The van der Waals surface area contributed by atoms with Crippen LogP contribution in [0.25, 0.3) is 0 Å². The Balaban J connectivity index is 2.40. The Morgan fingerprint density at radius 1 is 1.47 bits per heavy atom. The van der Waals surface area contributed by atoms with Gasteiger partial charge in [0.1, 0.15) is 0 Å². The zero-order valence-corrected chi connectivity index (χ0v) is 12.8. The van der Waals surface area contributed by atoms with Crippen LogP contribution >= 0.6 is 22.9 Å². The molecule has 0 aliphatic rings. The molecule has 1 aromatic rings. The van der Waals surface area contributed by atoms with Gasteiger partial charge in [0.05, 0.1) is 13.7 Å². The first kappa shape index (κ1) is 16.2. The van der Waals surface area contributed by atoms with Crippen molar-refractivity contribution in [2.45, 2.75) is 0 Å². The average Bonchev–Trinajstić information content (AvgIpc) is 2.76. The zero-order chi connectivity index (χ0) is 14.3. The summed E-state index contributed by atoms with van der Waals surface area (Å²) in [4.78, 5) is 17.9. The second kappa shape index (κ2) is 8.31. The van der Waals surface area contributed by atoms with Crippen LogP contribution < -0.4 is 5.32 Å². The molecule has 0 aliphatic heterocycles. The van der Waals surface area contributed by atoms with Crippen molar-refractivity contribution in [3.05, 3.63) is 10.0 Å². The number of thiazole rings is 1. The number of nitrogens with one attached hydrogen (secondary N) is 1. The maximum atomic E-state index is 11.4. The molecule has 6 nitrogen and oxygen atoms in total. The van der Waals surface area contributed by atoms with Gasteiger partial charge in [-0.2, -0.15) is 0 Å². The van der Waals surface area contributed by atoms with E-state index in [-0.39, 0.29) is 5.15 Å². The molecular weight excluding hydrogens is 290 g/mol.